The standard InChI is InChI=1S/C31H35NO5/c33-20-26-11-12-30(32-13-15-34-16-14-32)29(17-26)31-19-27(36-22-25-9-5-2-6-10-25)18-28(37-31)23-35-21-24-7-3-1-4-8-24/h1-12,17,20,27-28,31H,13-16,18-19,21-23H2. The SMILES string of the molecule is O=Cc1ccc(N2CCOCC2)c(C2CC(OCc3ccccc3)CC(COCc3ccccc3)O2)c1. The van der Waals surface area contributed by atoms with Gasteiger partial charge in [-0.2, -0.15) is 0 Å². The molecule has 3 aromatic rings. The maximum absolute atomic E-state index is 11.7. The first kappa shape index (κ1) is 25.6. The molecule has 5 rings (SSSR count). The molecule has 2 aliphatic heterocycles. The van der Waals surface area contributed by atoms with Crippen molar-refractivity contribution in [1.82, 2.24) is 0 Å². The van der Waals surface area contributed by atoms with E-state index in [1.165, 1.54) is 0 Å². The maximum atomic E-state index is 11.7. The number of carbonyl (C=O) groups is 1. The number of nitrogens with zero attached hydrogens (tertiary/aromatic N) is 1. The second-order valence-corrected chi connectivity index (χ2v) is 9.67. The highest BCUT2D eigenvalue weighted by atomic mass is 16.5. The summed E-state index contributed by atoms with van der Waals surface area (Å²) in [6.45, 7) is 4.60. The molecule has 0 N–H and O–H groups in total. The predicted octanol–water partition coefficient (Wildman–Crippen LogP) is 5.36. The summed E-state index contributed by atoms with van der Waals surface area (Å²) >= 11 is 0. The van der Waals surface area contributed by atoms with Gasteiger partial charge in [0.1, 0.15) is 6.29 Å². The molecule has 6 heteroatoms. The molecule has 0 aliphatic carbocycles. The van der Waals surface area contributed by atoms with Gasteiger partial charge in [-0.05, 0) is 29.3 Å². The number of rotatable bonds is 10. The topological polar surface area (TPSA) is 57.2 Å². The number of morpholine rings is 1. The Morgan fingerprint density at radius 1 is 0.865 bits per heavy atom. The van der Waals surface area contributed by atoms with E-state index in [2.05, 4.69) is 29.2 Å². The van der Waals surface area contributed by atoms with Crippen LogP contribution >= 0.6 is 0 Å². The lowest BCUT2D eigenvalue weighted by Gasteiger charge is -2.38. The second-order valence-electron chi connectivity index (χ2n) is 9.67. The Kier molecular flexibility index (Phi) is 8.98. The second kappa shape index (κ2) is 13.0. The molecule has 0 amide bonds. The normalized spacial score (nSPS) is 22.1. The summed E-state index contributed by atoms with van der Waals surface area (Å²) < 4.78 is 24.7. The summed E-state index contributed by atoms with van der Waals surface area (Å²) in [6, 6.07) is 26.3. The molecular weight excluding hydrogens is 466 g/mol. The highest BCUT2D eigenvalue weighted by Crippen LogP contribution is 2.39. The number of benzene rings is 3. The van der Waals surface area contributed by atoms with Gasteiger partial charge in [-0.1, -0.05) is 60.7 Å². The highest BCUT2D eigenvalue weighted by molar-refractivity contribution is 5.77. The van der Waals surface area contributed by atoms with E-state index in [1.807, 2.05) is 54.6 Å². The Morgan fingerprint density at radius 3 is 2.27 bits per heavy atom. The van der Waals surface area contributed by atoms with Crippen LogP contribution in [0.15, 0.2) is 78.9 Å². The average molecular weight is 502 g/mol. The summed E-state index contributed by atoms with van der Waals surface area (Å²) in [6.07, 6.45) is 2.10. The van der Waals surface area contributed by atoms with Gasteiger partial charge in [-0.25, -0.2) is 0 Å². The van der Waals surface area contributed by atoms with Crippen molar-refractivity contribution in [2.45, 2.75) is 44.4 Å². The summed E-state index contributed by atoms with van der Waals surface area (Å²) in [5, 5.41) is 0. The van der Waals surface area contributed by atoms with Crippen LogP contribution in [-0.4, -0.2) is 51.4 Å². The van der Waals surface area contributed by atoms with Crippen LogP contribution in [-0.2, 0) is 32.2 Å². The molecule has 0 bridgehead atoms. The number of carbonyl (C=O) groups excluding carboxylic acids is 1. The van der Waals surface area contributed by atoms with Gasteiger partial charge in [-0.15, -0.1) is 0 Å². The zero-order valence-electron chi connectivity index (χ0n) is 21.2. The van der Waals surface area contributed by atoms with Crippen molar-refractivity contribution >= 4 is 12.0 Å². The van der Waals surface area contributed by atoms with Crippen LogP contribution in [0.1, 0.15) is 46.0 Å². The molecular formula is C31H35NO5. The van der Waals surface area contributed by atoms with Crippen LogP contribution < -0.4 is 4.90 Å². The molecule has 2 aliphatic rings. The summed E-state index contributed by atoms with van der Waals surface area (Å²) in [4.78, 5) is 14.0. The smallest absolute Gasteiger partial charge is 0.150 e. The van der Waals surface area contributed by atoms with E-state index in [0.29, 0.717) is 38.6 Å². The van der Waals surface area contributed by atoms with E-state index < -0.39 is 0 Å². The number of hydrogen-bond acceptors (Lipinski definition) is 6. The van der Waals surface area contributed by atoms with E-state index in [-0.39, 0.29) is 18.3 Å². The van der Waals surface area contributed by atoms with Crippen LogP contribution in [0.2, 0.25) is 0 Å². The fourth-order valence-electron chi connectivity index (χ4n) is 5.08. The van der Waals surface area contributed by atoms with Crippen LogP contribution in [0.4, 0.5) is 5.69 Å². The van der Waals surface area contributed by atoms with Crippen LogP contribution in [0.3, 0.4) is 0 Å². The number of ether oxygens (including phenoxy) is 4. The lowest BCUT2D eigenvalue weighted by Crippen LogP contribution is -2.39. The molecule has 2 heterocycles. The number of anilines is 1. The molecule has 3 unspecified atom stereocenters. The maximum Gasteiger partial charge on any atom is 0.150 e. The van der Waals surface area contributed by atoms with Gasteiger partial charge < -0.3 is 23.8 Å². The third kappa shape index (κ3) is 7.05. The molecule has 194 valence electrons. The zero-order valence-corrected chi connectivity index (χ0v) is 21.2. The fourth-order valence-corrected chi connectivity index (χ4v) is 5.08. The Hall–Kier alpha value is -3.03. The largest absolute Gasteiger partial charge is 0.378 e. The van der Waals surface area contributed by atoms with Gasteiger partial charge in [0.25, 0.3) is 0 Å². The Balaban J connectivity index is 1.34. The molecule has 0 radical (unpaired) electrons. The molecule has 3 atom stereocenters. The molecule has 6 nitrogen and oxygen atoms in total. The highest BCUT2D eigenvalue weighted by Gasteiger charge is 2.33. The zero-order chi connectivity index (χ0) is 25.3. The van der Waals surface area contributed by atoms with Crippen molar-refractivity contribution in [1.29, 1.82) is 0 Å². The average Bonchev–Trinajstić information content (AvgIpc) is 2.97. The van der Waals surface area contributed by atoms with E-state index in [9.17, 15) is 4.79 Å². The van der Waals surface area contributed by atoms with Crippen LogP contribution in [0.5, 0.6) is 0 Å². The minimum Gasteiger partial charge on any atom is -0.378 e. The van der Waals surface area contributed by atoms with Crippen LogP contribution in [0, 0.1) is 0 Å². The van der Waals surface area contributed by atoms with Gasteiger partial charge in [0.15, 0.2) is 0 Å². The fraction of sp³-hybridized carbons (Fsp3) is 0.387. The Bertz CT molecular complexity index is 1120. The lowest BCUT2D eigenvalue weighted by molar-refractivity contribution is -0.142. The van der Waals surface area contributed by atoms with Gasteiger partial charge in [0.05, 0.1) is 51.3 Å². The van der Waals surface area contributed by atoms with Gasteiger partial charge in [-0.3, -0.25) is 4.79 Å². The Labute approximate surface area is 219 Å². The molecule has 2 fully saturated rings. The lowest BCUT2D eigenvalue weighted by atomic mass is 9.93. The van der Waals surface area contributed by atoms with E-state index >= 15 is 0 Å². The van der Waals surface area contributed by atoms with Gasteiger partial charge in [0, 0.05) is 42.7 Å². The third-order valence-corrected chi connectivity index (χ3v) is 6.99. The first-order valence-corrected chi connectivity index (χ1v) is 13.1. The van der Waals surface area contributed by atoms with Crippen molar-refractivity contribution in [3.8, 4) is 0 Å². The summed E-state index contributed by atoms with van der Waals surface area (Å²) in [5.41, 5.74) is 5.08. The molecule has 3 aromatic carbocycles. The molecule has 2 saturated heterocycles. The van der Waals surface area contributed by atoms with Crippen molar-refractivity contribution in [2.24, 2.45) is 0 Å². The van der Waals surface area contributed by atoms with Crippen molar-refractivity contribution in [3.05, 3.63) is 101 Å². The quantitative estimate of drug-likeness (QED) is 0.349. The van der Waals surface area contributed by atoms with Crippen molar-refractivity contribution in [2.75, 3.05) is 37.8 Å². The summed E-state index contributed by atoms with van der Waals surface area (Å²) in [7, 11) is 0. The van der Waals surface area contributed by atoms with Gasteiger partial charge in [0.2, 0.25) is 0 Å². The minimum atomic E-state index is -0.197. The molecule has 0 saturated carbocycles. The Morgan fingerprint density at radius 2 is 1.57 bits per heavy atom. The first-order valence-electron chi connectivity index (χ1n) is 13.1. The monoisotopic (exact) mass is 501 g/mol. The molecule has 0 spiro atoms. The van der Waals surface area contributed by atoms with Gasteiger partial charge >= 0.3 is 0 Å². The molecule has 37 heavy (non-hydrogen) atoms. The van der Waals surface area contributed by atoms with Crippen LogP contribution in [0.25, 0.3) is 0 Å². The summed E-state index contributed by atoms with van der Waals surface area (Å²) in [5.74, 6) is 0. The van der Waals surface area contributed by atoms with Crippen molar-refractivity contribution < 1.29 is 23.7 Å². The van der Waals surface area contributed by atoms with Crippen molar-refractivity contribution in [3.63, 3.8) is 0 Å². The number of aldehydes is 1. The number of hydrogen-bond donors (Lipinski definition) is 0. The van der Waals surface area contributed by atoms with E-state index in [4.69, 9.17) is 18.9 Å². The predicted molar refractivity (Wildman–Crippen MR) is 143 cm³/mol. The van der Waals surface area contributed by atoms with E-state index in [0.717, 1.165) is 54.6 Å². The minimum absolute atomic E-state index is 0.0155. The first-order chi connectivity index (χ1) is 18.3. The van der Waals surface area contributed by atoms with E-state index in [1.54, 1.807) is 0 Å². The third-order valence-electron chi connectivity index (χ3n) is 6.99. The molecule has 0 aromatic heterocycles.